The Morgan fingerprint density at radius 3 is 2.52 bits per heavy atom. The van der Waals surface area contributed by atoms with Gasteiger partial charge in [0.2, 0.25) is 0 Å². The number of hydrogen-bond acceptors (Lipinski definition) is 3. The lowest BCUT2D eigenvalue weighted by Crippen LogP contribution is -2.42. The number of pyridine rings is 1. The number of hydrogen-bond donors (Lipinski definition) is 3. The van der Waals surface area contributed by atoms with Crippen molar-refractivity contribution in [2.45, 2.75) is 12.8 Å². The number of aliphatic imine (C=N–C) groups is 1. The molecule has 0 saturated carbocycles. The first-order valence-corrected chi connectivity index (χ1v) is 8.38. The third-order valence-corrected chi connectivity index (χ3v) is 3.79. The predicted octanol–water partition coefficient (Wildman–Crippen LogP) is 1.78. The number of carbonyl (C=O) groups excluding carboxylic acids is 1. The van der Waals surface area contributed by atoms with Crippen LogP contribution in [-0.2, 0) is 0 Å². The van der Waals surface area contributed by atoms with Crippen LogP contribution in [0.1, 0.15) is 28.8 Å². The number of carbonyl (C=O) groups is 1. The molecule has 6 heteroatoms. The zero-order chi connectivity index (χ0) is 17.9. The van der Waals surface area contributed by atoms with Gasteiger partial charge in [-0.15, -0.1) is 0 Å². The van der Waals surface area contributed by atoms with Crippen molar-refractivity contribution >= 4 is 11.9 Å². The quantitative estimate of drug-likeness (QED) is 0.408. The third kappa shape index (κ3) is 6.25. The Morgan fingerprint density at radius 1 is 1.08 bits per heavy atom. The van der Waals surface area contributed by atoms with Gasteiger partial charge in [-0.2, -0.15) is 0 Å². The molecule has 0 aliphatic heterocycles. The highest BCUT2D eigenvalue weighted by atomic mass is 16.1. The van der Waals surface area contributed by atoms with E-state index in [-0.39, 0.29) is 5.91 Å². The van der Waals surface area contributed by atoms with Crippen LogP contribution in [0.4, 0.5) is 0 Å². The van der Waals surface area contributed by atoms with Crippen molar-refractivity contribution < 1.29 is 4.79 Å². The van der Waals surface area contributed by atoms with E-state index in [9.17, 15) is 4.79 Å². The highest BCUT2D eigenvalue weighted by molar-refractivity contribution is 5.93. The Morgan fingerprint density at radius 2 is 1.84 bits per heavy atom. The van der Waals surface area contributed by atoms with Crippen molar-refractivity contribution in [1.29, 1.82) is 0 Å². The van der Waals surface area contributed by atoms with E-state index in [2.05, 4.69) is 45.0 Å². The number of aromatic nitrogens is 1. The molecule has 1 aromatic carbocycles. The summed E-state index contributed by atoms with van der Waals surface area (Å²) in [4.78, 5) is 20.0. The fourth-order valence-electron chi connectivity index (χ4n) is 2.33. The molecule has 0 bridgehead atoms. The molecule has 1 unspecified atom stereocenters. The van der Waals surface area contributed by atoms with Crippen molar-refractivity contribution in [2.24, 2.45) is 4.99 Å². The Hall–Kier alpha value is -2.89. The maximum Gasteiger partial charge on any atom is 0.252 e. The van der Waals surface area contributed by atoms with Crippen LogP contribution in [0.2, 0.25) is 0 Å². The fourth-order valence-corrected chi connectivity index (χ4v) is 2.33. The van der Waals surface area contributed by atoms with E-state index in [4.69, 9.17) is 0 Å². The predicted molar refractivity (Wildman–Crippen MR) is 101 cm³/mol. The summed E-state index contributed by atoms with van der Waals surface area (Å²) in [6, 6.07) is 13.8. The average Bonchev–Trinajstić information content (AvgIpc) is 2.68. The summed E-state index contributed by atoms with van der Waals surface area (Å²) >= 11 is 0. The molecule has 0 fully saturated rings. The molecule has 0 aliphatic carbocycles. The summed E-state index contributed by atoms with van der Waals surface area (Å²) in [5, 5.41) is 9.34. The first kappa shape index (κ1) is 18.4. The van der Waals surface area contributed by atoms with Crippen molar-refractivity contribution in [1.82, 2.24) is 20.9 Å². The Kier molecular flexibility index (Phi) is 7.43. The van der Waals surface area contributed by atoms with Crippen LogP contribution in [0.3, 0.4) is 0 Å². The van der Waals surface area contributed by atoms with E-state index in [1.165, 1.54) is 5.56 Å². The molecule has 1 aromatic heterocycles. The van der Waals surface area contributed by atoms with Crippen LogP contribution < -0.4 is 16.0 Å². The van der Waals surface area contributed by atoms with Crippen LogP contribution >= 0.6 is 0 Å². The van der Waals surface area contributed by atoms with Gasteiger partial charge in [-0.1, -0.05) is 37.3 Å². The second-order valence-electron chi connectivity index (χ2n) is 5.69. The molecule has 25 heavy (non-hydrogen) atoms. The van der Waals surface area contributed by atoms with Gasteiger partial charge in [0.15, 0.2) is 5.96 Å². The van der Waals surface area contributed by atoms with E-state index in [1.54, 1.807) is 31.6 Å². The van der Waals surface area contributed by atoms with Gasteiger partial charge in [0.25, 0.3) is 5.91 Å². The van der Waals surface area contributed by atoms with Gasteiger partial charge in [0.1, 0.15) is 0 Å². The van der Waals surface area contributed by atoms with Crippen LogP contribution in [0.5, 0.6) is 0 Å². The maximum absolute atomic E-state index is 11.9. The summed E-state index contributed by atoms with van der Waals surface area (Å²) in [5.41, 5.74) is 1.84. The smallest absolute Gasteiger partial charge is 0.252 e. The molecule has 6 nitrogen and oxygen atoms in total. The fraction of sp³-hybridized carbons (Fsp3) is 0.316. The van der Waals surface area contributed by atoms with Crippen molar-refractivity contribution in [2.75, 3.05) is 26.7 Å². The molecule has 0 spiro atoms. The molecule has 0 radical (unpaired) electrons. The second kappa shape index (κ2) is 10.1. The molecule has 132 valence electrons. The SMILES string of the molecule is CN=C(NCCNC(=O)c1cccnc1)NCC(C)c1ccccc1. The van der Waals surface area contributed by atoms with Gasteiger partial charge < -0.3 is 16.0 Å². The summed E-state index contributed by atoms with van der Waals surface area (Å²) < 4.78 is 0. The molecular weight excluding hydrogens is 314 g/mol. The van der Waals surface area contributed by atoms with Gasteiger partial charge in [-0.3, -0.25) is 14.8 Å². The molecule has 1 amide bonds. The lowest BCUT2D eigenvalue weighted by atomic mass is 10.0. The number of benzene rings is 1. The lowest BCUT2D eigenvalue weighted by molar-refractivity contribution is 0.0954. The van der Waals surface area contributed by atoms with Crippen LogP contribution in [0.25, 0.3) is 0 Å². The largest absolute Gasteiger partial charge is 0.356 e. The highest BCUT2D eigenvalue weighted by Gasteiger charge is 2.07. The molecule has 0 aliphatic rings. The van der Waals surface area contributed by atoms with Crippen LogP contribution in [0, 0.1) is 0 Å². The minimum absolute atomic E-state index is 0.129. The minimum Gasteiger partial charge on any atom is -0.356 e. The zero-order valence-electron chi connectivity index (χ0n) is 14.7. The monoisotopic (exact) mass is 339 g/mol. The normalized spacial score (nSPS) is 12.3. The molecular formula is C19H25N5O. The average molecular weight is 339 g/mol. The van der Waals surface area contributed by atoms with Crippen LogP contribution in [0.15, 0.2) is 59.9 Å². The van der Waals surface area contributed by atoms with E-state index in [0.29, 0.717) is 24.6 Å². The van der Waals surface area contributed by atoms with E-state index in [0.717, 1.165) is 12.5 Å². The number of nitrogens with zero attached hydrogens (tertiary/aromatic N) is 2. The van der Waals surface area contributed by atoms with E-state index < -0.39 is 0 Å². The third-order valence-electron chi connectivity index (χ3n) is 3.79. The summed E-state index contributed by atoms with van der Waals surface area (Å²) in [7, 11) is 1.73. The first-order chi connectivity index (χ1) is 12.2. The van der Waals surface area contributed by atoms with Gasteiger partial charge in [-0.05, 0) is 23.6 Å². The molecule has 1 atom stereocenters. The highest BCUT2D eigenvalue weighted by Crippen LogP contribution is 2.12. The number of guanidine groups is 1. The molecule has 0 saturated heterocycles. The first-order valence-electron chi connectivity index (χ1n) is 8.38. The van der Waals surface area contributed by atoms with E-state index >= 15 is 0 Å². The Balaban J connectivity index is 1.67. The molecule has 2 aromatic rings. The lowest BCUT2D eigenvalue weighted by Gasteiger charge is -2.16. The minimum atomic E-state index is -0.129. The van der Waals surface area contributed by atoms with Gasteiger partial charge in [0, 0.05) is 39.1 Å². The van der Waals surface area contributed by atoms with Crippen molar-refractivity contribution in [3.8, 4) is 0 Å². The second-order valence-corrected chi connectivity index (χ2v) is 5.69. The zero-order valence-corrected chi connectivity index (χ0v) is 14.7. The van der Waals surface area contributed by atoms with Crippen LogP contribution in [-0.4, -0.2) is 43.5 Å². The molecule has 2 rings (SSSR count). The number of rotatable bonds is 7. The Bertz CT molecular complexity index is 673. The Labute approximate surface area is 148 Å². The topological polar surface area (TPSA) is 78.4 Å². The van der Waals surface area contributed by atoms with Gasteiger partial charge >= 0.3 is 0 Å². The van der Waals surface area contributed by atoms with Crippen molar-refractivity contribution in [3.63, 3.8) is 0 Å². The summed E-state index contributed by atoms with van der Waals surface area (Å²) in [6.07, 6.45) is 3.19. The molecule has 3 N–H and O–H groups in total. The summed E-state index contributed by atoms with van der Waals surface area (Å²) in [5.74, 6) is 0.971. The molecule has 1 heterocycles. The number of nitrogens with one attached hydrogen (secondary N) is 3. The number of amides is 1. The summed E-state index contributed by atoms with van der Waals surface area (Å²) in [6.45, 7) is 4.05. The maximum atomic E-state index is 11.9. The van der Waals surface area contributed by atoms with Crippen molar-refractivity contribution in [3.05, 3.63) is 66.0 Å². The van der Waals surface area contributed by atoms with Gasteiger partial charge in [0.05, 0.1) is 5.56 Å². The van der Waals surface area contributed by atoms with Gasteiger partial charge in [-0.25, -0.2) is 0 Å². The standard InChI is InChI=1S/C19H25N5O/c1-15(16-7-4-3-5-8-16)13-24-19(20-2)23-12-11-22-18(25)17-9-6-10-21-14-17/h3-10,14-15H,11-13H2,1-2H3,(H,22,25)(H2,20,23,24). The van der Waals surface area contributed by atoms with E-state index in [1.807, 2.05) is 18.2 Å².